The molecule has 0 saturated carbocycles. The Hall–Kier alpha value is -1.81. The molecule has 1 aromatic heterocycles. The molecule has 0 atom stereocenters. The maximum Gasteiger partial charge on any atom is 0.261 e. The van der Waals surface area contributed by atoms with E-state index in [4.69, 9.17) is 0 Å². The van der Waals surface area contributed by atoms with E-state index >= 15 is 0 Å². The van der Waals surface area contributed by atoms with Crippen molar-refractivity contribution in [2.75, 3.05) is 19.0 Å². The van der Waals surface area contributed by atoms with Crippen molar-refractivity contribution in [3.05, 3.63) is 51.2 Å². The maximum atomic E-state index is 12.2. The van der Waals surface area contributed by atoms with E-state index in [1.807, 2.05) is 32.3 Å². The Morgan fingerprint density at radius 3 is 2.43 bits per heavy atom. The van der Waals surface area contributed by atoms with Crippen molar-refractivity contribution in [3.8, 4) is 0 Å². The van der Waals surface area contributed by atoms with Gasteiger partial charge in [-0.3, -0.25) is 4.79 Å². The minimum atomic E-state index is 0.0134. The van der Waals surface area contributed by atoms with Crippen LogP contribution < -0.4 is 10.2 Å². The molecule has 1 N–H and O–H groups in total. The van der Waals surface area contributed by atoms with Crippen LogP contribution >= 0.6 is 11.3 Å². The van der Waals surface area contributed by atoms with Crippen molar-refractivity contribution in [2.45, 2.75) is 26.8 Å². The number of anilines is 1. The van der Waals surface area contributed by atoms with E-state index in [2.05, 4.69) is 36.2 Å². The number of nitrogens with one attached hydrogen (secondary N) is 1. The molecule has 0 fully saturated rings. The lowest BCUT2D eigenvalue weighted by Crippen LogP contribution is -2.21. The molecule has 1 amide bonds. The van der Waals surface area contributed by atoms with E-state index in [1.54, 1.807) is 11.3 Å². The fourth-order valence-electron chi connectivity index (χ4n) is 2.16. The average Bonchev–Trinajstić information content (AvgIpc) is 2.86. The number of carbonyl (C=O) groups excluding carboxylic acids is 1. The van der Waals surface area contributed by atoms with Crippen LogP contribution in [0.4, 0.5) is 5.69 Å². The van der Waals surface area contributed by atoms with Crippen molar-refractivity contribution in [3.63, 3.8) is 0 Å². The predicted octanol–water partition coefficient (Wildman–Crippen LogP) is 3.61. The highest BCUT2D eigenvalue weighted by Crippen LogP contribution is 2.22. The van der Waals surface area contributed by atoms with Gasteiger partial charge < -0.3 is 10.2 Å². The Labute approximate surface area is 130 Å². The van der Waals surface area contributed by atoms with Crippen LogP contribution in [0.15, 0.2) is 30.3 Å². The minimum Gasteiger partial charge on any atom is -0.378 e. The second-order valence-corrected chi connectivity index (χ2v) is 6.45. The summed E-state index contributed by atoms with van der Waals surface area (Å²) in [6.07, 6.45) is 0.982. The summed E-state index contributed by atoms with van der Waals surface area (Å²) in [6.45, 7) is 4.74. The molecule has 0 radical (unpaired) electrons. The number of nitrogens with zero attached hydrogens (tertiary/aromatic N) is 1. The predicted molar refractivity (Wildman–Crippen MR) is 90.4 cm³/mol. The summed E-state index contributed by atoms with van der Waals surface area (Å²) in [5.74, 6) is 0.0134. The third kappa shape index (κ3) is 3.85. The largest absolute Gasteiger partial charge is 0.378 e. The van der Waals surface area contributed by atoms with Crippen LogP contribution in [0.3, 0.4) is 0 Å². The van der Waals surface area contributed by atoms with Gasteiger partial charge in [0.2, 0.25) is 0 Å². The molecule has 0 bridgehead atoms. The van der Waals surface area contributed by atoms with E-state index in [1.165, 1.54) is 10.4 Å². The van der Waals surface area contributed by atoms with Gasteiger partial charge in [0.05, 0.1) is 4.88 Å². The summed E-state index contributed by atoms with van der Waals surface area (Å²) >= 11 is 1.59. The summed E-state index contributed by atoms with van der Waals surface area (Å²) in [6, 6.07) is 10.2. The first-order valence-electron chi connectivity index (χ1n) is 7.15. The molecule has 112 valence electrons. The molecule has 0 saturated heterocycles. The normalized spacial score (nSPS) is 10.5. The molecule has 3 nitrogen and oxygen atoms in total. The van der Waals surface area contributed by atoms with E-state index < -0.39 is 0 Å². The fraction of sp³-hybridized carbons (Fsp3) is 0.353. The first kappa shape index (κ1) is 15.6. The molecular weight excluding hydrogens is 280 g/mol. The van der Waals surface area contributed by atoms with Gasteiger partial charge in [-0.25, -0.2) is 0 Å². The Bertz CT molecular complexity index is 614. The summed E-state index contributed by atoms with van der Waals surface area (Å²) in [5.41, 5.74) is 3.48. The minimum absolute atomic E-state index is 0.0134. The van der Waals surface area contributed by atoms with Crippen LogP contribution in [-0.4, -0.2) is 20.0 Å². The quantitative estimate of drug-likeness (QED) is 0.915. The molecule has 2 rings (SSSR count). The first-order valence-corrected chi connectivity index (χ1v) is 7.96. The van der Waals surface area contributed by atoms with Crippen molar-refractivity contribution in [2.24, 2.45) is 0 Å². The van der Waals surface area contributed by atoms with E-state index in [0.29, 0.717) is 6.54 Å². The van der Waals surface area contributed by atoms with Gasteiger partial charge in [-0.2, -0.15) is 0 Å². The van der Waals surface area contributed by atoms with Gasteiger partial charge in [-0.1, -0.05) is 19.1 Å². The van der Waals surface area contributed by atoms with Gasteiger partial charge in [0.25, 0.3) is 5.91 Å². The Morgan fingerprint density at radius 1 is 1.24 bits per heavy atom. The number of carbonyl (C=O) groups is 1. The van der Waals surface area contributed by atoms with Crippen LogP contribution in [0.2, 0.25) is 0 Å². The molecule has 4 heteroatoms. The number of amides is 1. The van der Waals surface area contributed by atoms with Gasteiger partial charge in [-0.05, 0) is 42.7 Å². The van der Waals surface area contributed by atoms with Crippen LogP contribution in [0, 0.1) is 6.92 Å². The second kappa shape index (κ2) is 6.76. The molecule has 2 aromatic rings. The van der Waals surface area contributed by atoms with Gasteiger partial charge in [-0.15, -0.1) is 11.3 Å². The molecule has 0 aliphatic carbocycles. The SMILES string of the molecule is CCc1sc(C(=O)NCc2ccc(N(C)C)cc2)cc1C. The summed E-state index contributed by atoms with van der Waals surface area (Å²) in [4.78, 5) is 16.3. The molecule has 0 aliphatic rings. The second-order valence-electron chi connectivity index (χ2n) is 5.31. The highest BCUT2D eigenvalue weighted by Gasteiger charge is 2.11. The van der Waals surface area contributed by atoms with Crippen molar-refractivity contribution < 1.29 is 4.79 Å². The maximum absolute atomic E-state index is 12.2. The topological polar surface area (TPSA) is 32.3 Å². The summed E-state index contributed by atoms with van der Waals surface area (Å²) in [5, 5.41) is 2.99. The average molecular weight is 302 g/mol. The van der Waals surface area contributed by atoms with E-state index in [-0.39, 0.29) is 5.91 Å². The smallest absolute Gasteiger partial charge is 0.261 e. The Balaban J connectivity index is 1.97. The van der Waals surface area contributed by atoms with Crippen molar-refractivity contribution in [1.29, 1.82) is 0 Å². The van der Waals surface area contributed by atoms with Crippen LogP contribution in [0.25, 0.3) is 0 Å². The monoisotopic (exact) mass is 302 g/mol. The third-order valence-electron chi connectivity index (χ3n) is 3.47. The van der Waals surface area contributed by atoms with E-state index in [9.17, 15) is 4.79 Å². The standard InChI is InChI=1S/C17H22N2OS/c1-5-15-12(2)10-16(21-15)17(20)18-11-13-6-8-14(9-7-13)19(3)4/h6-10H,5,11H2,1-4H3,(H,18,20). The van der Waals surface area contributed by atoms with Gasteiger partial charge >= 0.3 is 0 Å². The highest BCUT2D eigenvalue weighted by atomic mass is 32.1. The number of hydrogen-bond donors (Lipinski definition) is 1. The van der Waals surface area contributed by atoms with E-state index in [0.717, 1.165) is 22.5 Å². The molecule has 0 aliphatic heterocycles. The number of hydrogen-bond acceptors (Lipinski definition) is 3. The number of thiophene rings is 1. The number of benzene rings is 1. The highest BCUT2D eigenvalue weighted by molar-refractivity contribution is 7.14. The first-order chi connectivity index (χ1) is 10.0. The van der Waals surface area contributed by atoms with Crippen LogP contribution in [0.1, 0.15) is 32.6 Å². The summed E-state index contributed by atoms with van der Waals surface area (Å²) < 4.78 is 0. The van der Waals surface area contributed by atoms with Gasteiger partial charge in [0, 0.05) is 31.2 Å². The lowest BCUT2D eigenvalue weighted by molar-refractivity contribution is 0.0955. The Kier molecular flexibility index (Phi) is 5.02. The molecule has 21 heavy (non-hydrogen) atoms. The lowest BCUT2D eigenvalue weighted by Gasteiger charge is -2.12. The van der Waals surface area contributed by atoms with Crippen LogP contribution in [-0.2, 0) is 13.0 Å². The molecule has 1 aromatic carbocycles. The number of aryl methyl sites for hydroxylation is 2. The Morgan fingerprint density at radius 2 is 1.90 bits per heavy atom. The molecule has 0 unspecified atom stereocenters. The van der Waals surface area contributed by atoms with Crippen molar-refractivity contribution in [1.82, 2.24) is 5.32 Å². The van der Waals surface area contributed by atoms with Gasteiger partial charge in [0.1, 0.15) is 0 Å². The zero-order valence-electron chi connectivity index (χ0n) is 13.1. The molecule has 0 spiro atoms. The fourth-order valence-corrected chi connectivity index (χ4v) is 3.19. The van der Waals surface area contributed by atoms with Crippen LogP contribution in [0.5, 0.6) is 0 Å². The molecular formula is C17H22N2OS. The summed E-state index contributed by atoms with van der Waals surface area (Å²) in [7, 11) is 4.03. The zero-order valence-corrected chi connectivity index (χ0v) is 13.9. The zero-order chi connectivity index (χ0) is 15.4. The van der Waals surface area contributed by atoms with Crippen molar-refractivity contribution >= 4 is 22.9 Å². The number of rotatable bonds is 5. The van der Waals surface area contributed by atoms with Gasteiger partial charge in [0.15, 0.2) is 0 Å². The third-order valence-corrected chi connectivity index (χ3v) is 4.85. The molecule has 1 heterocycles. The lowest BCUT2D eigenvalue weighted by atomic mass is 10.2.